The molecule has 88 valence electrons. The minimum Gasteiger partial charge on any atom is -0.271 e. The second-order valence-electron chi connectivity index (χ2n) is 4.89. The van der Waals surface area contributed by atoms with Gasteiger partial charge in [0.25, 0.3) is 0 Å². The Bertz CT molecular complexity index is 312. The van der Waals surface area contributed by atoms with Crippen molar-refractivity contribution in [2.75, 3.05) is 0 Å². The maximum atomic E-state index is 5.43. The van der Waals surface area contributed by atoms with Crippen LogP contribution in [-0.2, 0) is 0 Å². The van der Waals surface area contributed by atoms with Gasteiger partial charge in [-0.1, -0.05) is 43.5 Å². The van der Waals surface area contributed by atoms with Crippen LogP contribution in [0, 0.1) is 0 Å². The fourth-order valence-corrected chi connectivity index (χ4v) is 2.59. The van der Waals surface area contributed by atoms with Crippen molar-refractivity contribution < 1.29 is 0 Å². The van der Waals surface area contributed by atoms with Crippen molar-refractivity contribution >= 4 is 0 Å². The minimum absolute atomic E-state index is 0.236. The summed E-state index contributed by atoms with van der Waals surface area (Å²) in [5.74, 6) is 6.23. The highest BCUT2D eigenvalue weighted by molar-refractivity contribution is 5.27. The predicted octanol–water partition coefficient (Wildman–Crippen LogP) is 3.26. The molecular formula is C14H22N2. The fraction of sp³-hybridized carbons (Fsp3) is 0.571. The monoisotopic (exact) mass is 218 g/mol. The van der Waals surface area contributed by atoms with Gasteiger partial charge in [0.15, 0.2) is 0 Å². The maximum Gasteiger partial charge on any atom is 0.0431 e. The summed E-state index contributed by atoms with van der Waals surface area (Å²) < 4.78 is 0. The number of nitrogens with one attached hydrogen (secondary N) is 1. The Kier molecular flexibility index (Phi) is 3.97. The Labute approximate surface area is 98.2 Å². The van der Waals surface area contributed by atoms with Crippen molar-refractivity contribution in [1.82, 2.24) is 5.43 Å². The van der Waals surface area contributed by atoms with E-state index >= 15 is 0 Å². The van der Waals surface area contributed by atoms with Gasteiger partial charge in [-0.05, 0) is 36.8 Å². The van der Waals surface area contributed by atoms with Gasteiger partial charge in [0.1, 0.15) is 0 Å². The standard InChI is InChI=1S/C14H22N2/c1-11(16-15)12-7-9-14(10-8-12)13-5-3-2-4-6-13/h7-11,13,16H,2-6,15H2,1H3/t11-/m0/s1. The molecule has 0 bridgehead atoms. The number of hydrazine groups is 1. The second kappa shape index (κ2) is 5.46. The first-order chi connectivity index (χ1) is 7.81. The van der Waals surface area contributed by atoms with Crippen molar-refractivity contribution in [1.29, 1.82) is 0 Å². The van der Waals surface area contributed by atoms with E-state index < -0.39 is 0 Å². The zero-order chi connectivity index (χ0) is 11.4. The molecule has 2 rings (SSSR count). The molecule has 0 spiro atoms. The normalized spacial score (nSPS) is 19.6. The Morgan fingerprint density at radius 2 is 1.75 bits per heavy atom. The molecule has 1 fully saturated rings. The topological polar surface area (TPSA) is 38.0 Å². The van der Waals surface area contributed by atoms with E-state index in [2.05, 4.69) is 36.6 Å². The van der Waals surface area contributed by atoms with E-state index in [9.17, 15) is 0 Å². The van der Waals surface area contributed by atoms with Crippen LogP contribution in [0.4, 0.5) is 0 Å². The smallest absolute Gasteiger partial charge is 0.0431 e. The molecule has 0 amide bonds. The molecule has 1 aliphatic rings. The van der Waals surface area contributed by atoms with Crippen LogP contribution in [0.2, 0.25) is 0 Å². The van der Waals surface area contributed by atoms with Crippen LogP contribution in [0.1, 0.15) is 62.1 Å². The van der Waals surface area contributed by atoms with Crippen LogP contribution in [-0.4, -0.2) is 0 Å². The van der Waals surface area contributed by atoms with Crippen LogP contribution in [0.25, 0.3) is 0 Å². The highest BCUT2D eigenvalue weighted by Gasteiger charge is 2.15. The summed E-state index contributed by atoms with van der Waals surface area (Å²) in [4.78, 5) is 0. The van der Waals surface area contributed by atoms with Gasteiger partial charge in [-0.3, -0.25) is 11.3 Å². The highest BCUT2D eigenvalue weighted by atomic mass is 15.2. The molecular weight excluding hydrogens is 196 g/mol. The van der Waals surface area contributed by atoms with Gasteiger partial charge in [-0.15, -0.1) is 0 Å². The SMILES string of the molecule is C[C@H](NN)c1ccc(C2CCCCC2)cc1. The summed E-state index contributed by atoms with van der Waals surface area (Å²) in [6.07, 6.45) is 6.94. The highest BCUT2D eigenvalue weighted by Crippen LogP contribution is 2.32. The van der Waals surface area contributed by atoms with Crippen molar-refractivity contribution in [3.8, 4) is 0 Å². The third-order valence-corrected chi connectivity index (χ3v) is 3.76. The number of hydrogen-bond acceptors (Lipinski definition) is 2. The minimum atomic E-state index is 0.236. The molecule has 0 aromatic heterocycles. The van der Waals surface area contributed by atoms with Crippen molar-refractivity contribution in [3.05, 3.63) is 35.4 Å². The summed E-state index contributed by atoms with van der Waals surface area (Å²) in [5.41, 5.74) is 5.55. The van der Waals surface area contributed by atoms with E-state index in [1.165, 1.54) is 43.2 Å². The first-order valence-electron chi connectivity index (χ1n) is 6.37. The first-order valence-corrected chi connectivity index (χ1v) is 6.37. The summed E-state index contributed by atoms with van der Waals surface area (Å²) in [7, 11) is 0. The largest absolute Gasteiger partial charge is 0.271 e. The summed E-state index contributed by atoms with van der Waals surface area (Å²) in [6.45, 7) is 2.08. The lowest BCUT2D eigenvalue weighted by Crippen LogP contribution is -2.25. The number of rotatable bonds is 3. The third-order valence-electron chi connectivity index (χ3n) is 3.76. The number of benzene rings is 1. The van der Waals surface area contributed by atoms with Gasteiger partial charge in [0.2, 0.25) is 0 Å². The lowest BCUT2D eigenvalue weighted by atomic mass is 9.84. The van der Waals surface area contributed by atoms with E-state index in [4.69, 9.17) is 5.84 Å². The lowest BCUT2D eigenvalue weighted by Gasteiger charge is -2.22. The fourth-order valence-electron chi connectivity index (χ4n) is 2.59. The van der Waals surface area contributed by atoms with Crippen LogP contribution < -0.4 is 11.3 Å². The molecule has 0 aliphatic heterocycles. The molecule has 0 unspecified atom stereocenters. The van der Waals surface area contributed by atoms with E-state index in [0.717, 1.165) is 5.92 Å². The van der Waals surface area contributed by atoms with Crippen LogP contribution >= 0.6 is 0 Å². The van der Waals surface area contributed by atoms with Crippen LogP contribution in [0.3, 0.4) is 0 Å². The average molecular weight is 218 g/mol. The molecule has 1 aromatic carbocycles. The van der Waals surface area contributed by atoms with Crippen LogP contribution in [0.15, 0.2) is 24.3 Å². The summed E-state index contributed by atoms with van der Waals surface area (Å²) in [5, 5.41) is 0. The van der Waals surface area contributed by atoms with Gasteiger partial charge in [-0.25, -0.2) is 0 Å². The van der Waals surface area contributed by atoms with Gasteiger partial charge < -0.3 is 0 Å². The number of hydrogen-bond donors (Lipinski definition) is 2. The lowest BCUT2D eigenvalue weighted by molar-refractivity contribution is 0.443. The first kappa shape index (κ1) is 11.6. The van der Waals surface area contributed by atoms with Crippen molar-refractivity contribution in [2.45, 2.75) is 51.0 Å². The maximum absolute atomic E-state index is 5.43. The molecule has 1 saturated carbocycles. The van der Waals surface area contributed by atoms with E-state index in [1.807, 2.05) is 0 Å². The molecule has 0 saturated heterocycles. The molecule has 0 radical (unpaired) electrons. The Morgan fingerprint density at radius 3 is 2.31 bits per heavy atom. The Morgan fingerprint density at radius 1 is 1.12 bits per heavy atom. The van der Waals surface area contributed by atoms with Gasteiger partial charge in [0.05, 0.1) is 0 Å². The summed E-state index contributed by atoms with van der Waals surface area (Å²) in [6, 6.07) is 9.20. The van der Waals surface area contributed by atoms with E-state index in [-0.39, 0.29) is 6.04 Å². The Hall–Kier alpha value is -0.860. The van der Waals surface area contributed by atoms with Gasteiger partial charge in [0, 0.05) is 6.04 Å². The van der Waals surface area contributed by atoms with E-state index in [0.29, 0.717) is 0 Å². The zero-order valence-electron chi connectivity index (χ0n) is 10.1. The van der Waals surface area contributed by atoms with E-state index in [1.54, 1.807) is 0 Å². The van der Waals surface area contributed by atoms with Gasteiger partial charge in [-0.2, -0.15) is 0 Å². The Balaban J connectivity index is 2.06. The third kappa shape index (κ3) is 2.63. The zero-order valence-corrected chi connectivity index (χ0v) is 10.1. The molecule has 1 atom stereocenters. The molecule has 2 heteroatoms. The molecule has 2 nitrogen and oxygen atoms in total. The molecule has 1 aromatic rings. The molecule has 1 aliphatic carbocycles. The van der Waals surface area contributed by atoms with Crippen molar-refractivity contribution in [3.63, 3.8) is 0 Å². The summed E-state index contributed by atoms with van der Waals surface area (Å²) >= 11 is 0. The number of nitrogens with two attached hydrogens (primary N) is 1. The van der Waals surface area contributed by atoms with Crippen LogP contribution in [0.5, 0.6) is 0 Å². The molecule has 0 heterocycles. The predicted molar refractivity (Wildman–Crippen MR) is 68.0 cm³/mol. The average Bonchev–Trinajstić information content (AvgIpc) is 2.39. The molecule has 16 heavy (non-hydrogen) atoms. The van der Waals surface area contributed by atoms with Gasteiger partial charge >= 0.3 is 0 Å². The second-order valence-corrected chi connectivity index (χ2v) is 4.89. The quantitative estimate of drug-likeness (QED) is 0.603. The van der Waals surface area contributed by atoms with Crippen molar-refractivity contribution in [2.24, 2.45) is 5.84 Å². The molecule has 3 N–H and O–H groups in total.